The number of aryl methyl sites for hydroxylation is 1. The molecule has 0 radical (unpaired) electrons. The van der Waals surface area contributed by atoms with Crippen molar-refractivity contribution in [2.75, 3.05) is 5.32 Å². The Kier molecular flexibility index (Phi) is 3.27. The van der Waals surface area contributed by atoms with Gasteiger partial charge in [-0.2, -0.15) is 0 Å². The summed E-state index contributed by atoms with van der Waals surface area (Å²) in [6, 6.07) is 15.0. The second-order valence-corrected chi connectivity index (χ2v) is 6.80. The van der Waals surface area contributed by atoms with E-state index in [0.717, 1.165) is 39.0 Å². The number of nitro groups is 1. The molecule has 0 bridgehead atoms. The summed E-state index contributed by atoms with van der Waals surface area (Å²) in [5.74, 6) is 0. The molecule has 5 rings (SSSR count). The number of nitrogens with one attached hydrogen (secondary N) is 2. The number of hydrogen-bond acceptors (Lipinski definition) is 4. The molecule has 0 fully saturated rings. The van der Waals surface area contributed by atoms with Crippen LogP contribution in [0, 0.1) is 17.0 Å². The molecule has 27 heavy (non-hydrogen) atoms. The monoisotopic (exact) mass is 356 g/mol. The first-order valence-corrected chi connectivity index (χ1v) is 8.70. The minimum Gasteiger partial charge on any atom is -0.374 e. The molecule has 1 unspecified atom stereocenters. The normalized spacial score (nSPS) is 15.1. The van der Waals surface area contributed by atoms with E-state index in [1.165, 1.54) is 5.56 Å². The maximum Gasteiger partial charge on any atom is 0.269 e. The van der Waals surface area contributed by atoms with E-state index in [1.54, 1.807) is 12.1 Å². The molecule has 6 heteroatoms. The van der Waals surface area contributed by atoms with E-state index in [-0.39, 0.29) is 16.7 Å². The number of rotatable bonds is 2. The van der Waals surface area contributed by atoms with Gasteiger partial charge in [0.1, 0.15) is 5.65 Å². The molecule has 1 aliphatic rings. The Morgan fingerprint density at radius 3 is 2.67 bits per heavy atom. The van der Waals surface area contributed by atoms with Crippen molar-refractivity contribution in [1.29, 1.82) is 0 Å². The summed E-state index contributed by atoms with van der Waals surface area (Å²) in [5.41, 5.74) is 7.45. The second-order valence-electron chi connectivity index (χ2n) is 6.80. The van der Waals surface area contributed by atoms with E-state index in [0.29, 0.717) is 0 Å². The average molecular weight is 356 g/mol. The molecule has 0 spiro atoms. The summed E-state index contributed by atoms with van der Waals surface area (Å²) < 4.78 is 0. The molecule has 2 aromatic carbocycles. The average Bonchev–Trinajstić information content (AvgIpc) is 3.05. The van der Waals surface area contributed by atoms with Gasteiger partial charge in [-0.15, -0.1) is 0 Å². The lowest BCUT2D eigenvalue weighted by Gasteiger charge is -2.19. The summed E-state index contributed by atoms with van der Waals surface area (Å²) >= 11 is 0. The van der Waals surface area contributed by atoms with Gasteiger partial charge in [0.2, 0.25) is 0 Å². The molecular formula is C21H16N4O2. The third-order valence-corrected chi connectivity index (χ3v) is 5.12. The van der Waals surface area contributed by atoms with E-state index in [2.05, 4.69) is 40.4 Å². The molecule has 0 saturated heterocycles. The number of anilines is 1. The van der Waals surface area contributed by atoms with Gasteiger partial charge in [-0.25, -0.2) is 4.98 Å². The first kappa shape index (κ1) is 15.6. The number of pyridine rings is 1. The number of nitro benzene ring substituents is 1. The molecule has 0 aliphatic carbocycles. The Balaban J connectivity index is 1.76. The molecule has 3 heterocycles. The number of hydrogen-bond donors (Lipinski definition) is 2. The van der Waals surface area contributed by atoms with E-state index >= 15 is 0 Å². The summed E-state index contributed by atoms with van der Waals surface area (Å²) in [6.07, 6.45) is 3.79. The topological polar surface area (TPSA) is 83.8 Å². The number of H-pyrrole nitrogens is 1. The number of aromatic nitrogens is 2. The Morgan fingerprint density at radius 1 is 1.07 bits per heavy atom. The van der Waals surface area contributed by atoms with Crippen LogP contribution in [-0.2, 0) is 0 Å². The molecular weight excluding hydrogens is 340 g/mol. The van der Waals surface area contributed by atoms with Crippen LogP contribution in [0.2, 0.25) is 0 Å². The minimum absolute atomic E-state index is 0.0877. The first-order chi connectivity index (χ1) is 13.1. The lowest BCUT2D eigenvalue weighted by Crippen LogP contribution is -2.11. The molecule has 2 aromatic heterocycles. The Bertz CT molecular complexity index is 1190. The predicted molar refractivity (Wildman–Crippen MR) is 105 cm³/mol. The van der Waals surface area contributed by atoms with Crippen molar-refractivity contribution in [3.05, 3.63) is 87.7 Å². The van der Waals surface area contributed by atoms with E-state index < -0.39 is 0 Å². The minimum atomic E-state index is -0.379. The largest absolute Gasteiger partial charge is 0.374 e. The Labute approximate surface area is 155 Å². The van der Waals surface area contributed by atoms with E-state index in [4.69, 9.17) is 0 Å². The van der Waals surface area contributed by atoms with Gasteiger partial charge >= 0.3 is 0 Å². The van der Waals surface area contributed by atoms with Gasteiger partial charge in [0.25, 0.3) is 5.69 Å². The quantitative estimate of drug-likeness (QED) is 0.393. The summed E-state index contributed by atoms with van der Waals surface area (Å²) in [5, 5.41) is 15.7. The maximum absolute atomic E-state index is 11.0. The maximum atomic E-state index is 11.0. The van der Waals surface area contributed by atoms with Crippen molar-refractivity contribution in [2.45, 2.75) is 13.0 Å². The lowest BCUT2D eigenvalue weighted by molar-refractivity contribution is -0.384. The third-order valence-electron chi connectivity index (χ3n) is 5.12. The van der Waals surface area contributed by atoms with E-state index in [9.17, 15) is 10.1 Å². The molecule has 1 aliphatic heterocycles. The van der Waals surface area contributed by atoms with Gasteiger partial charge < -0.3 is 10.3 Å². The number of fused-ring (bicyclic) bond motifs is 2. The van der Waals surface area contributed by atoms with Crippen molar-refractivity contribution in [1.82, 2.24) is 9.97 Å². The molecule has 2 N–H and O–H groups in total. The van der Waals surface area contributed by atoms with Crippen LogP contribution in [0.4, 0.5) is 11.4 Å². The highest BCUT2D eigenvalue weighted by Crippen LogP contribution is 2.43. The third kappa shape index (κ3) is 2.38. The van der Waals surface area contributed by atoms with Crippen LogP contribution in [0.1, 0.15) is 22.7 Å². The van der Waals surface area contributed by atoms with Gasteiger partial charge in [0, 0.05) is 46.7 Å². The van der Waals surface area contributed by atoms with Gasteiger partial charge in [0.15, 0.2) is 0 Å². The summed E-state index contributed by atoms with van der Waals surface area (Å²) in [7, 11) is 0. The Hall–Kier alpha value is -3.67. The SMILES string of the molecule is Cc1ccc2c(c1)-c1ccnc3[nH]cc(c13)C(c1ccc([N+](=O)[O-])cc1)N2. The number of benzene rings is 2. The molecule has 4 aromatic rings. The zero-order valence-corrected chi connectivity index (χ0v) is 14.6. The van der Waals surface area contributed by atoms with Crippen LogP contribution >= 0.6 is 0 Å². The van der Waals surface area contributed by atoms with Gasteiger partial charge in [0.05, 0.1) is 11.0 Å². The zero-order valence-electron chi connectivity index (χ0n) is 14.6. The fourth-order valence-electron chi connectivity index (χ4n) is 3.83. The fraction of sp³-hybridized carbons (Fsp3) is 0.0952. The molecule has 6 nitrogen and oxygen atoms in total. The van der Waals surface area contributed by atoms with Crippen LogP contribution in [-0.4, -0.2) is 14.9 Å². The fourth-order valence-corrected chi connectivity index (χ4v) is 3.83. The van der Waals surface area contributed by atoms with Crippen molar-refractivity contribution in [2.24, 2.45) is 0 Å². The highest BCUT2D eigenvalue weighted by Gasteiger charge is 2.26. The van der Waals surface area contributed by atoms with Gasteiger partial charge in [-0.1, -0.05) is 11.6 Å². The molecule has 1 atom stereocenters. The molecule has 132 valence electrons. The summed E-state index contributed by atoms with van der Waals surface area (Å²) in [4.78, 5) is 18.4. The summed E-state index contributed by atoms with van der Waals surface area (Å²) in [6.45, 7) is 2.08. The highest BCUT2D eigenvalue weighted by molar-refractivity contribution is 6.01. The highest BCUT2D eigenvalue weighted by atomic mass is 16.6. The zero-order chi connectivity index (χ0) is 18.5. The standard InChI is InChI=1S/C21H16N4O2/c1-12-2-7-18-16(10-12)15-8-9-22-21-19(15)17(11-23-21)20(24-18)13-3-5-14(6-4-13)25(26)27/h2-11,20,24H,1H3,(H,22,23). The van der Waals surface area contributed by atoms with Crippen LogP contribution in [0.25, 0.3) is 22.2 Å². The van der Waals surface area contributed by atoms with Crippen LogP contribution < -0.4 is 5.32 Å². The number of nitrogens with zero attached hydrogens (tertiary/aromatic N) is 2. The lowest BCUT2D eigenvalue weighted by atomic mass is 9.96. The van der Waals surface area contributed by atoms with Crippen molar-refractivity contribution in [3.8, 4) is 11.1 Å². The smallest absolute Gasteiger partial charge is 0.269 e. The second kappa shape index (κ2) is 5.67. The Morgan fingerprint density at radius 2 is 1.89 bits per heavy atom. The van der Waals surface area contributed by atoms with Crippen LogP contribution in [0.5, 0.6) is 0 Å². The molecule has 0 saturated carbocycles. The number of non-ortho nitro benzene ring substituents is 1. The first-order valence-electron chi connectivity index (χ1n) is 8.70. The van der Waals surface area contributed by atoms with Crippen molar-refractivity contribution in [3.63, 3.8) is 0 Å². The van der Waals surface area contributed by atoms with Crippen LogP contribution in [0.15, 0.2) is 60.9 Å². The van der Waals surface area contributed by atoms with Gasteiger partial charge in [-0.3, -0.25) is 10.1 Å². The van der Waals surface area contributed by atoms with Crippen LogP contribution in [0.3, 0.4) is 0 Å². The van der Waals surface area contributed by atoms with Gasteiger partial charge in [-0.05, 0) is 48.4 Å². The number of aromatic amines is 1. The van der Waals surface area contributed by atoms with Crippen molar-refractivity contribution >= 4 is 22.4 Å². The predicted octanol–water partition coefficient (Wildman–Crippen LogP) is 4.96. The van der Waals surface area contributed by atoms with Crippen molar-refractivity contribution < 1.29 is 4.92 Å². The molecule has 0 amide bonds. The van der Waals surface area contributed by atoms with E-state index in [1.807, 2.05) is 30.6 Å².